The minimum absolute atomic E-state index is 0.186. The van der Waals surface area contributed by atoms with Crippen LogP contribution in [0.4, 0.5) is 10.2 Å². The van der Waals surface area contributed by atoms with Crippen molar-refractivity contribution < 1.29 is 4.39 Å². The summed E-state index contributed by atoms with van der Waals surface area (Å²) in [5.74, 6) is 0.212. The summed E-state index contributed by atoms with van der Waals surface area (Å²) in [5, 5.41) is 6.95. The zero-order valence-electron chi connectivity index (χ0n) is 16.8. The van der Waals surface area contributed by atoms with Gasteiger partial charge in [-0.2, -0.15) is 5.10 Å². The van der Waals surface area contributed by atoms with E-state index in [9.17, 15) is 4.39 Å². The molecule has 2 aliphatic rings. The van der Waals surface area contributed by atoms with Gasteiger partial charge in [0.1, 0.15) is 17.0 Å². The Bertz CT molecular complexity index is 1270. The van der Waals surface area contributed by atoms with Crippen molar-refractivity contribution >= 4 is 28.6 Å². The number of halogens is 2. The largest absolute Gasteiger partial charge is 0.355 e. The number of nitrogens with one attached hydrogen (secondary N) is 1. The van der Waals surface area contributed by atoms with E-state index in [1.807, 2.05) is 0 Å². The monoisotopic (exact) mass is 434 g/mol. The summed E-state index contributed by atoms with van der Waals surface area (Å²) in [7, 11) is 0. The number of benzene rings is 1. The molecule has 1 spiro atoms. The fraction of sp³-hybridized carbons (Fsp3) is 0.304. The predicted molar refractivity (Wildman–Crippen MR) is 118 cm³/mol. The highest BCUT2D eigenvalue weighted by atomic mass is 35.5. The van der Waals surface area contributed by atoms with E-state index in [2.05, 4.69) is 49.3 Å². The summed E-state index contributed by atoms with van der Waals surface area (Å²) < 4.78 is 14.4. The first-order valence-electron chi connectivity index (χ1n) is 10.5. The van der Waals surface area contributed by atoms with E-state index in [-0.39, 0.29) is 10.7 Å². The molecule has 8 heteroatoms. The molecular weight excluding hydrogens is 415 g/mol. The van der Waals surface area contributed by atoms with Crippen LogP contribution in [0.1, 0.15) is 24.0 Å². The zero-order valence-corrected chi connectivity index (χ0v) is 17.5. The van der Waals surface area contributed by atoms with Crippen LogP contribution in [0.25, 0.3) is 22.4 Å². The van der Waals surface area contributed by atoms with Gasteiger partial charge in [-0.15, -0.1) is 0 Å². The Morgan fingerprint density at radius 3 is 2.52 bits per heavy atom. The van der Waals surface area contributed by atoms with Crippen molar-refractivity contribution in [3.8, 4) is 11.3 Å². The Morgan fingerprint density at radius 1 is 1.03 bits per heavy atom. The molecule has 1 N–H and O–H groups in total. The lowest BCUT2D eigenvalue weighted by Crippen LogP contribution is -2.41. The number of hydrogen-bond donors (Lipinski definition) is 1. The van der Waals surface area contributed by atoms with Gasteiger partial charge in [0.25, 0.3) is 0 Å². The lowest BCUT2D eigenvalue weighted by molar-refractivity contribution is 0.232. The minimum atomic E-state index is -0.609. The Balaban J connectivity index is 1.24. The van der Waals surface area contributed by atoms with E-state index in [1.54, 1.807) is 6.20 Å². The average molecular weight is 435 g/mol. The highest BCUT2D eigenvalue weighted by molar-refractivity contribution is 6.29. The van der Waals surface area contributed by atoms with Gasteiger partial charge in [0, 0.05) is 24.8 Å². The maximum Gasteiger partial charge on any atom is 0.177 e. The van der Waals surface area contributed by atoms with Crippen LogP contribution in [0.3, 0.4) is 0 Å². The Morgan fingerprint density at radius 2 is 1.77 bits per heavy atom. The van der Waals surface area contributed by atoms with Crippen molar-refractivity contribution in [2.75, 3.05) is 18.0 Å². The number of anilines is 1. The number of hydrogen-bond acceptors (Lipinski definition) is 5. The van der Waals surface area contributed by atoms with Crippen LogP contribution >= 0.6 is 11.6 Å². The summed E-state index contributed by atoms with van der Waals surface area (Å²) in [5.41, 5.74) is 5.08. The third-order valence-electron chi connectivity index (χ3n) is 6.76. The summed E-state index contributed by atoms with van der Waals surface area (Å²) in [6.07, 6.45) is 7.82. The summed E-state index contributed by atoms with van der Waals surface area (Å²) in [4.78, 5) is 15.3. The van der Waals surface area contributed by atoms with Gasteiger partial charge >= 0.3 is 0 Å². The number of pyridine rings is 1. The molecule has 156 valence electrons. The summed E-state index contributed by atoms with van der Waals surface area (Å²) in [6.45, 7) is 1.90. The van der Waals surface area contributed by atoms with Crippen LogP contribution in [0.5, 0.6) is 0 Å². The molecule has 6 nitrogen and oxygen atoms in total. The van der Waals surface area contributed by atoms with E-state index in [0.29, 0.717) is 22.3 Å². The van der Waals surface area contributed by atoms with E-state index in [1.165, 1.54) is 36.2 Å². The lowest BCUT2D eigenvalue weighted by atomic mass is 9.76. The van der Waals surface area contributed by atoms with Crippen molar-refractivity contribution in [2.24, 2.45) is 5.41 Å². The van der Waals surface area contributed by atoms with Gasteiger partial charge in [0.05, 0.1) is 6.20 Å². The molecular formula is C23H20ClFN6. The first-order chi connectivity index (χ1) is 15.1. The molecule has 1 aliphatic carbocycles. The van der Waals surface area contributed by atoms with Gasteiger partial charge in [-0.1, -0.05) is 35.9 Å². The molecule has 3 aromatic heterocycles. The normalized spacial score (nSPS) is 17.4. The molecule has 1 saturated heterocycles. The van der Waals surface area contributed by atoms with Gasteiger partial charge < -0.3 is 4.90 Å². The number of piperidine rings is 1. The van der Waals surface area contributed by atoms with Crippen molar-refractivity contribution in [1.29, 1.82) is 0 Å². The number of rotatable bonds is 2. The van der Waals surface area contributed by atoms with Crippen LogP contribution in [-0.2, 0) is 12.8 Å². The molecule has 0 bridgehead atoms. The second-order valence-corrected chi connectivity index (χ2v) is 8.93. The van der Waals surface area contributed by atoms with Crippen LogP contribution in [0.15, 0.2) is 42.7 Å². The summed E-state index contributed by atoms with van der Waals surface area (Å²) in [6, 6.07) is 10.4. The van der Waals surface area contributed by atoms with E-state index < -0.39 is 5.82 Å². The first-order valence-corrected chi connectivity index (χ1v) is 10.8. The SMILES string of the molecule is Fc1c(-c2n[nH]c3nc(N4CCC5(CC4)Cc4ccccc4C5)cnc23)ccnc1Cl. The maximum atomic E-state index is 14.4. The predicted octanol–water partition coefficient (Wildman–Crippen LogP) is 4.59. The van der Waals surface area contributed by atoms with Crippen LogP contribution in [0, 0.1) is 11.2 Å². The van der Waals surface area contributed by atoms with Gasteiger partial charge in [-0.25, -0.2) is 19.3 Å². The van der Waals surface area contributed by atoms with Crippen molar-refractivity contribution in [3.63, 3.8) is 0 Å². The number of fused-ring (bicyclic) bond motifs is 2. The molecule has 0 unspecified atom stereocenters. The maximum absolute atomic E-state index is 14.4. The minimum Gasteiger partial charge on any atom is -0.355 e. The smallest absolute Gasteiger partial charge is 0.177 e. The van der Waals surface area contributed by atoms with Crippen molar-refractivity contribution in [1.82, 2.24) is 25.1 Å². The Labute approximate surface area is 183 Å². The molecule has 0 atom stereocenters. The number of H-pyrrole nitrogens is 1. The highest BCUT2D eigenvalue weighted by Gasteiger charge is 2.40. The standard InChI is InChI=1S/C23H20ClFN6/c24-21-18(25)16(5-8-26-21)19-20-22(30-29-19)28-17(13-27-20)31-9-6-23(7-10-31)11-14-3-1-2-4-15(14)12-23/h1-5,8,13H,6-7,9-12H2,(H,28,29,30). The van der Waals surface area contributed by atoms with Gasteiger partial charge in [0.2, 0.25) is 0 Å². The molecule has 6 rings (SSSR count). The third-order valence-corrected chi connectivity index (χ3v) is 7.02. The molecule has 4 aromatic rings. The fourth-order valence-corrected chi connectivity index (χ4v) is 5.23. The highest BCUT2D eigenvalue weighted by Crippen LogP contribution is 2.45. The Hall–Kier alpha value is -3.06. The zero-order chi connectivity index (χ0) is 21.0. The Kier molecular flexibility index (Phi) is 4.21. The van der Waals surface area contributed by atoms with Crippen molar-refractivity contribution in [3.05, 3.63) is 64.8 Å². The van der Waals surface area contributed by atoms with Gasteiger partial charge in [-0.05, 0) is 48.3 Å². The second kappa shape index (κ2) is 6.99. The third kappa shape index (κ3) is 3.07. The number of nitrogens with zero attached hydrogens (tertiary/aromatic N) is 5. The average Bonchev–Trinajstić information content (AvgIpc) is 3.37. The first kappa shape index (κ1) is 18.7. The summed E-state index contributed by atoms with van der Waals surface area (Å²) >= 11 is 5.82. The van der Waals surface area contributed by atoms with Crippen LogP contribution in [0.2, 0.25) is 5.15 Å². The second-order valence-electron chi connectivity index (χ2n) is 8.57. The molecule has 1 aliphatic heterocycles. The van der Waals surface area contributed by atoms with Gasteiger partial charge in [-0.3, -0.25) is 5.10 Å². The van der Waals surface area contributed by atoms with E-state index in [0.717, 1.165) is 31.7 Å². The molecule has 1 aromatic carbocycles. The number of aromatic nitrogens is 5. The molecule has 31 heavy (non-hydrogen) atoms. The van der Waals surface area contributed by atoms with Gasteiger partial charge in [0.15, 0.2) is 16.6 Å². The molecule has 4 heterocycles. The fourth-order valence-electron chi connectivity index (χ4n) is 5.07. The van der Waals surface area contributed by atoms with Crippen LogP contribution in [-0.4, -0.2) is 38.2 Å². The molecule has 1 fully saturated rings. The van der Waals surface area contributed by atoms with E-state index in [4.69, 9.17) is 16.6 Å². The van der Waals surface area contributed by atoms with Crippen LogP contribution < -0.4 is 4.90 Å². The molecule has 0 saturated carbocycles. The molecule has 0 radical (unpaired) electrons. The topological polar surface area (TPSA) is 70.6 Å². The lowest BCUT2D eigenvalue weighted by Gasteiger charge is -2.39. The number of aromatic amines is 1. The quantitative estimate of drug-likeness (QED) is 0.467. The molecule has 0 amide bonds. The van der Waals surface area contributed by atoms with E-state index >= 15 is 0 Å². The van der Waals surface area contributed by atoms with Crippen molar-refractivity contribution in [2.45, 2.75) is 25.7 Å².